The van der Waals surface area contributed by atoms with Gasteiger partial charge < -0.3 is 19.3 Å². The molecular weight excluding hydrogens is 310 g/mol. The zero-order valence-corrected chi connectivity index (χ0v) is 13.9. The summed E-state index contributed by atoms with van der Waals surface area (Å²) in [6.07, 6.45) is 0. The van der Waals surface area contributed by atoms with Crippen LogP contribution in [0.5, 0.6) is 0 Å². The fourth-order valence-corrected chi connectivity index (χ4v) is 2.61. The van der Waals surface area contributed by atoms with Crippen molar-refractivity contribution in [3.8, 4) is 6.07 Å². The van der Waals surface area contributed by atoms with Crippen LogP contribution in [0.25, 0.3) is 0 Å². The fourth-order valence-electron chi connectivity index (χ4n) is 2.61. The van der Waals surface area contributed by atoms with Crippen molar-refractivity contribution in [2.45, 2.75) is 13.0 Å². The van der Waals surface area contributed by atoms with Gasteiger partial charge in [0.15, 0.2) is 0 Å². The van der Waals surface area contributed by atoms with Crippen LogP contribution in [-0.4, -0.2) is 62.8 Å². The molecule has 1 aliphatic rings. The van der Waals surface area contributed by atoms with Crippen molar-refractivity contribution >= 4 is 17.5 Å². The second-order valence-electron chi connectivity index (χ2n) is 5.55. The fraction of sp³-hybridized carbons (Fsp3) is 0.471. The number of nitriles is 1. The Kier molecular flexibility index (Phi) is 6.29. The molecule has 0 aromatic heterocycles. The molecule has 1 atom stereocenters. The highest BCUT2D eigenvalue weighted by molar-refractivity contribution is 5.99. The van der Waals surface area contributed by atoms with E-state index in [1.807, 2.05) is 6.92 Å². The Balaban J connectivity index is 2.03. The van der Waals surface area contributed by atoms with Gasteiger partial charge in [0, 0.05) is 19.7 Å². The molecule has 0 saturated carbocycles. The third kappa shape index (κ3) is 4.10. The van der Waals surface area contributed by atoms with Gasteiger partial charge in [-0.2, -0.15) is 5.26 Å². The number of piperazine rings is 1. The van der Waals surface area contributed by atoms with E-state index in [1.165, 1.54) is 4.90 Å². The number of para-hydroxylation sites is 1. The molecule has 7 heteroatoms. The second kappa shape index (κ2) is 8.43. The summed E-state index contributed by atoms with van der Waals surface area (Å²) in [4.78, 5) is 27.8. The zero-order chi connectivity index (χ0) is 17.5. The molecule has 2 rings (SSSR count). The van der Waals surface area contributed by atoms with Gasteiger partial charge in [-0.3, -0.25) is 9.59 Å². The lowest BCUT2D eigenvalue weighted by Gasteiger charge is -2.39. The summed E-state index contributed by atoms with van der Waals surface area (Å²) in [6.45, 7) is 2.88. The van der Waals surface area contributed by atoms with Gasteiger partial charge in [-0.05, 0) is 19.1 Å². The van der Waals surface area contributed by atoms with Crippen molar-refractivity contribution in [1.29, 1.82) is 5.26 Å². The Bertz CT molecular complexity index is 641. The van der Waals surface area contributed by atoms with E-state index in [-0.39, 0.29) is 31.0 Å². The molecule has 128 valence electrons. The summed E-state index contributed by atoms with van der Waals surface area (Å²) in [5.41, 5.74) is 1.03. The van der Waals surface area contributed by atoms with Crippen LogP contribution in [0.2, 0.25) is 0 Å². The molecule has 7 nitrogen and oxygen atoms in total. The Morgan fingerprint density at radius 1 is 1.38 bits per heavy atom. The topological polar surface area (TPSA) is 82.9 Å². The van der Waals surface area contributed by atoms with E-state index in [4.69, 9.17) is 9.47 Å². The number of carbonyl (C=O) groups is 2. The number of anilines is 1. The first-order valence-corrected chi connectivity index (χ1v) is 7.74. The number of carbonyl (C=O) groups excluding carboxylic acids is 2. The monoisotopic (exact) mass is 331 g/mol. The summed E-state index contributed by atoms with van der Waals surface area (Å²) >= 11 is 0. The predicted molar refractivity (Wildman–Crippen MR) is 87.4 cm³/mol. The molecule has 1 heterocycles. The van der Waals surface area contributed by atoms with Gasteiger partial charge in [0.2, 0.25) is 11.8 Å². The summed E-state index contributed by atoms with van der Waals surface area (Å²) in [5, 5.41) is 9.20. The standard InChI is InChI=1S/C17H21N3O4/c1-13-10-20(15-6-4-3-5-14(15)9-18)16(21)11-19(13)17(22)12-24-8-7-23-2/h3-6,13H,7-8,10-12H2,1-2H3/t13-/m0/s1. The maximum atomic E-state index is 12.5. The number of rotatable bonds is 6. The third-order valence-corrected chi connectivity index (χ3v) is 3.88. The smallest absolute Gasteiger partial charge is 0.249 e. The van der Waals surface area contributed by atoms with Crippen molar-refractivity contribution < 1.29 is 19.1 Å². The largest absolute Gasteiger partial charge is 0.382 e. The lowest BCUT2D eigenvalue weighted by Crippen LogP contribution is -2.58. The van der Waals surface area contributed by atoms with Gasteiger partial charge in [0.05, 0.1) is 24.5 Å². The molecule has 0 unspecified atom stereocenters. The summed E-state index contributed by atoms with van der Waals surface area (Å²) in [7, 11) is 1.56. The molecule has 0 radical (unpaired) electrons. The first-order chi connectivity index (χ1) is 11.6. The number of amides is 2. The molecular formula is C17H21N3O4. The molecule has 1 aliphatic heterocycles. The van der Waals surface area contributed by atoms with Gasteiger partial charge in [-0.15, -0.1) is 0 Å². The third-order valence-electron chi connectivity index (χ3n) is 3.88. The van der Waals surface area contributed by atoms with Crippen molar-refractivity contribution in [3.05, 3.63) is 29.8 Å². The molecule has 0 spiro atoms. The van der Waals surface area contributed by atoms with Crippen LogP contribution in [-0.2, 0) is 19.1 Å². The minimum Gasteiger partial charge on any atom is -0.382 e. The molecule has 0 aliphatic carbocycles. The predicted octanol–water partition coefficient (Wildman–Crippen LogP) is 0.785. The minimum absolute atomic E-state index is 0.0204. The van der Waals surface area contributed by atoms with Crippen LogP contribution in [0, 0.1) is 11.3 Å². The highest BCUT2D eigenvalue weighted by Gasteiger charge is 2.33. The van der Waals surface area contributed by atoms with Crippen molar-refractivity contribution in [3.63, 3.8) is 0 Å². The van der Waals surface area contributed by atoms with E-state index in [0.29, 0.717) is 31.0 Å². The van der Waals surface area contributed by atoms with E-state index in [1.54, 1.807) is 36.3 Å². The van der Waals surface area contributed by atoms with Crippen LogP contribution in [0.3, 0.4) is 0 Å². The van der Waals surface area contributed by atoms with E-state index >= 15 is 0 Å². The molecule has 24 heavy (non-hydrogen) atoms. The van der Waals surface area contributed by atoms with E-state index < -0.39 is 0 Å². The lowest BCUT2D eigenvalue weighted by molar-refractivity contribution is -0.143. The van der Waals surface area contributed by atoms with Crippen LogP contribution in [0.4, 0.5) is 5.69 Å². The average molecular weight is 331 g/mol. The number of nitrogens with zero attached hydrogens (tertiary/aromatic N) is 3. The number of hydrogen-bond donors (Lipinski definition) is 0. The van der Waals surface area contributed by atoms with Gasteiger partial charge >= 0.3 is 0 Å². The summed E-state index contributed by atoms with van der Waals surface area (Å²) < 4.78 is 10.1. The Hall–Kier alpha value is -2.43. The van der Waals surface area contributed by atoms with E-state index in [2.05, 4.69) is 6.07 Å². The van der Waals surface area contributed by atoms with Crippen LogP contribution in [0.15, 0.2) is 24.3 Å². The van der Waals surface area contributed by atoms with Crippen LogP contribution in [0.1, 0.15) is 12.5 Å². The highest BCUT2D eigenvalue weighted by atomic mass is 16.5. The van der Waals surface area contributed by atoms with Crippen LogP contribution >= 0.6 is 0 Å². The Labute approximate surface area is 141 Å². The van der Waals surface area contributed by atoms with E-state index in [9.17, 15) is 14.9 Å². The maximum Gasteiger partial charge on any atom is 0.249 e. The first kappa shape index (κ1) is 17.9. The first-order valence-electron chi connectivity index (χ1n) is 7.74. The number of benzene rings is 1. The van der Waals surface area contributed by atoms with Crippen molar-refractivity contribution in [2.75, 3.05) is 44.9 Å². The molecule has 0 N–H and O–H groups in total. The number of methoxy groups -OCH3 is 1. The molecule has 1 aromatic rings. The highest BCUT2D eigenvalue weighted by Crippen LogP contribution is 2.23. The van der Waals surface area contributed by atoms with Crippen LogP contribution < -0.4 is 4.90 Å². The average Bonchev–Trinajstić information content (AvgIpc) is 2.60. The number of hydrogen-bond acceptors (Lipinski definition) is 5. The minimum atomic E-state index is -0.222. The zero-order valence-electron chi connectivity index (χ0n) is 13.9. The summed E-state index contributed by atoms with van der Waals surface area (Å²) in [6, 6.07) is 8.90. The maximum absolute atomic E-state index is 12.5. The van der Waals surface area contributed by atoms with Gasteiger partial charge in [-0.25, -0.2) is 0 Å². The molecule has 1 aromatic carbocycles. The SMILES string of the molecule is COCCOCC(=O)N1CC(=O)N(c2ccccc2C#N)C[C@@H]1C. The summed E-state index contributed by atoms with van der Waals surface area (Å²) in [5.74, 6) is -0.429. The second-order valence-corrected chi connectivity index (χ2v) is 5.55. The van der Waals surface area contributed by atoms with Crippen molar-refractivity contribution in [1.82, 2.24) is 4.90 Å². The Morgan fingerprint density at radius 2 is 2.12 bits per heavy atom. The Morgan fingerprint density at radius 3 is 2.83 bits per heavy atom. The van der Waals surface area contributed by atoms with Gasteiger partial charge in [0.1, 0.15) is 19.2 Å². The van der Waals surface area contributed by atoms with Crippen molar-refractivity contribution in [2.24, 2.45) is 0 Å². The quantitative estimate of drug-likeness (QED) is 0.720. The molecule has 1 fully saturated rings. The lowest BCUT2D eigenvalue weighted by atomic mass is 10.1. The van der Waals surface area contributed by atoms with Gasteiger partial charge in [-0.1, -0.05) is 12.1 Å². The van der Waals surface area contributed by atoms with Gasteiger partial charge in [0.25, 0.3) is 0 Å². The molecule has 0 bridgehead atoms. The van der Waals surface area contributed by atoms with E-state index in [0.717, 1.165) is 0 Å². The molecule has 2 amide bonds. The molecule has 1 saturated heterocycles. The number of ether oxygens (including phenoxy) is 2. The normalized spacial score (nSPS) is 17.7.